The van der Waals surface area contributed by atoms with E-state index in [1.165, 1.54) is 5.56 Å². The quantitative estimate of drug-likeness (QED) is 0.715. The summed E-state index contributed by atoms with van der Waals surface area (Å²) in [7, 11) is 4.91. The number of methoxy groups -OCH3 is 3. The maximum absolute atomic E-state index is 12.7. The summed E-state index contributed by atoms with van der Waals surface area (Å²) in [6.45, 7) is 7.95. The van der Waals surface area contributed by atoms with Crippen LogP contribution in [0.3, 0.4) is 0 Å². The Morgan fingerprint density at radius 3 is 2.06 bits per heavy atom. The molecule has 1 aliphatic rings. The van der Waals surface area contributed by atoms with E-state index in [1.54, 1.807) is 21.3 Å². The molecule has 0 saturated carbocycles. The average Bonchev–Trinajstić information content (AvgIpc) is 2.75. The topological polar surface area (TPSA) is 60.0 Å². The highest BCUT2D eigenvalue weighted by atomic mass is 16.5. The molecule has 0 unspecified atom stereocenters. The summed E-state index contributed by atoms with van der Waals surface area (Å²) in [4.78, 5) is 14.8. The lowest BCUT2D eigenvalue weighted by Gasteiger charge is -2.27. The molecule has 1 aliphatic heterocycles. The van der Waals surface area contributed by atoms with E-state index in [0.717, 1.165) is 52.4 Å². The van der Waals surface area contributed by atoms with E-state index >= 15 is 0 Å². The molecule has 31 heavy (non-hydrogen) atoms. The molecule has 3 rings (SSSR count). The number of nitrogens with one attached hydrogen (secondary N) is 1. The lowest BCUT2D eigenvalue weighted by atomic mass is 9.97. The highest BCUT2D eigenvalue weighted by Gasteiger charge is 2.22. The molecule has 0 bridgehead atoms. The summed E-state index contributed by atoms with van der Waals surface area (Å²) in [5.41, 5.74) is 6.39. The summed E-state index contributed by atoms with van der Waals surface area (Å²) in [5.74, 6) is 2.14. The lowest BCUT2D eigenvalue weighted by molar-refractivity contribution is -0.117. The predicted octanol–water partition coefficient (Wildman–Crippen LogP) is 4.37. The number of hydrogen-bond donors (Lipinski definition) is 1. The van der Waals surface area contributed by atoms with Gasteiger partial charge in [0.25, 0.3) is 0 Å². The summed E-state index contributed by atoms with van der Waals surface area (Å²) < 4.78 is 16.5. The number of carbonyl (C=O) groups excluding carboxylic acids is 1. The van der Waals surface area contributed by atoms with Crippen LogP contribution in [0.15, 0.2) is 30.3 Å². The molecule has 1 heterocycles. The molecule has 2 aromatic rings. The van der Waals surface area contributed by atoms with Gasteiger partial charge in [-0.15, -0.1) is 0 Å². The van der Waals surface area contributed by atoms with Gasteiger partial charge in [-0.05, 0) is 43.9 Å². The monoisotopic (exact) mass is 424 g/mol. The van der Waals surface area contributed by atoms with E-state index in [1.807, 2.05) is 26.0 Å². The van der Waals surface area contributed by atoms with Crippen molar-refractivity contribution >= 4 is 17.2 Å². The highest BCUT2D eigenvalue weighted by molar-refractivity contribution is 5.94. The van der Waals surface area contributed by atoms with E-state index in [2.05, 4.69) is 35.3 Å². The van der Waals surface area contributed by atoms with Gasteiger partial charge in [-0.2, -0.15) is 0 Å². The van der Waals surface area contributed by atoms with Crippen LogP contribution in [0, 0.1) is 20.8 Å². The molecule has 6 heteroatoms. The third kappa shape index (κ3) is 5.20. The average molecular weight is 425 g/mol. The van der Waals surface area contributed by atoms with Crippen LogP contribution < -0.4 is 19.5 Å². The minimum atomic E-state index is 0.00603. The van der Waals surface area contributed by atoms with E-state index in [0.29, 0.717) is 18.8 Å². The number of rotatable bonds is 7. The number of hydrogen-bond acceptors (Lipinski definition) is 5. The fourth-order valence-electron chi connectivity index (χ4n) is 4.16. The summed E-state index contributed by atoms with van der Waals surface area (Å²) in [6, 6.07) is 7.91. The first-order valence-corrected chi connectivity index (χ1v) is 10.5. The number of amides is 1. The number of aryl methyl sites for hydroxylation is 3. The molecule has 0 radical (unpaired) electrons. The van der Waals surface area contributed by atoms with Gasteiger partial charge < -0.3 is 19.5 Å². The summed E-state index contributed by atoms with van der Waals surface area (Å²) in [6.07, 6.45) is 2.95. The molecule has 0 aromatic heterocycles. The minimum Gasteiger partial charge on any atom is -0.496 e. The van der Waals surface area contributed by atoms with Crippen molar-refractivity contribution in [3.8, 4) is 17.2 Å². The van der Waals surface area contributed by atoms with E-state index < -0.39 is 0 Å². The molecule has 0 aliphatic carbocycles. The molecule has 1 amide bonds. The molecule has 1 N–H and O–H groups in total. The molecule has 0 fully saturated rings. The summed E-state index contributed by atoms with van der Waals surface area (Å²) in [5, 5.41) is 3.09. The first kappa shape index (κ1) is 22.7. The molecule has 0 saturated heterocycles. The van der Waals surface area contributed by atoms with Gasteiger partial charge in [0, 0.05) is 30.9 Å². The first-order valence-electron chi connectivity index (χ1n) is 10.5. The van der Waals surface area contributed by atoms with Crippen molar-refractivity contribution in [2.75, 3.05) is 46.3 Å². The zero-order valence-electron chi connectivity index (χ0n) is 19.3. The zero-order chi connectivity index (χ0) is 22.5. The van der Waals surface area contributed by atoms with Crippen molar-refractivity contribution < 1.29 is 19.0 Å². The van der Waals surface area contributed by atoms with Crippen LogP contribution in [-0.4, -0.2) is 51.8 Å². The maximum Gasteiger partial charge on any atom is 0.238 e. The van der Waals surface area contributed by atoms with Crippen molar-refractivity contribution in [3.05, 3.63) is 52.6 Å². The van der Waals surface area contributed by atoms with Crippen LogP contribution in [0.5, 0.6) is 17.2 Å². The van der Waals surface area contributed by atoms with Crippen molar-refractivity contribution in [1.29, 1.82) is 0 Å². The Balaban J connectivity index is 1.70. The Morgan fingerprint density at radius 2 is 1.58 bits per heavy atom. The molecule has 2 aromatic carbocycles. The van der Waals surface area contributed by atoms with Crippen molar-refractivity contribution in [2.24, 2.45) is 0 Å². The minimum absolute atomic E-state index is 0.00603. The zero-order valence-corrected chi connectivity index (χ0v) is 19.3. The number of carbonyl (C=O) groups is 1. The maximum atomic E-state index is 12.7. The lowest BCUT2D eigenvalue weighted by Crippen LogP contribution is -2.36. The van der Waals surface area contributed by atoms with Crippen LogP contribution in [0.1, 0.15) is 28.7 Å². The molecular weight excluding hydrogens is 392 g/mol. The predicted molar refractivity (Wildman–Crippen MR) is 124 cm³/mol. The molecule has 166 valence electrons. The van der Waals surface area contributed by atoms with Gasteiger partial charge in [0.15, 0.2) is 0 Å². The van der Waals surface area contributed by atoms with E-state index in [9.17, 15) is 4.79 Å². The van der Waals surface area contributed by atoms with Crippen molar-refractivity contribution in [2.45, 2.75) is 27.2 Å². The Morgan fingerprint density at radius 1 is 0.968 bits per heavy atom. The van der Waals surface area contributed by atoms with Crippen LogP contribution in [0.4, 0.5) is 5.69 Å². The Labute approximate surface area is 184 Å². The Kier molecular flexibility index (Phi) is 7.23. The largest absolute Gasteiger partial charge is 0.496 e. The fourth-order valence-corrected chi connectivity index (χ4v) is 4.16. The normalized spacial score (nSPS) is 14.1. The van der Waals surface area contributed by atoms with E-state index in [4.69, 9.17) is 14.2 Å². The standard InChI is InChI=1S/C25H32N2O4/c1-16-11-17(2)25(18(3)12-16)26-23(28)15-27-9-7-19(8-10-27)24-21(30-5)13-20(29-4)14-22(24)31-6/h7,11-14H,8-10,15H2,1-6H3,(H,26,28). The number of ether oxygens (including phenoxy) is 3. The molecule has 0 atom stereocenters. The van der Waals surface area contributed by atoms with Gasteiger partial charge in [-0.1, -0.05) is 23.8 Å². The van der Waals surface area contributed by atoms with Crippen molar-refractivity contribution in [1.82, 2.24) is 4.90 Å². The summed E-state index contributed by atoms with van der Waals surface area (Å²) >= 11 is 0. The van der Waals surface area contributed by atoms with Gasteiger partial charge in [-0.3, -0.25) is 9.69 Å². The van der Waals surface area contributed by atoms with Crippen LogP contribution in [0.2, 0.25) is 0 Å². The van der Waals surface area contributed by atoms with Gasteiger partial charge in [-0.25, -0.2) is 0 Å². The van der Waals surface area contributed by atoms with Gasteiger partial charge in [0.1, 0.15) is 17.2 Å². The molecule has 6 nitrogen and oxygen atoms in total. The Hall–Kier alpha value is -2.99. The fraction of sp³-hybridized carbons (Fsp3) is 0.400. The van der Waals surface area contributed by atoms with Gasteiger partial charge in [0.2, 0.25) is 5.91 Å². The highest BCUT2D eigenvalue weighted by Crippen LogP contribution is 2.40. The van der Waals surface area contributed by atoms with Gasteiger partial charge in [0.05, 0.1) is 33.4 Å². The molecular formula is C25H32N2O4. The third-order valence-corrected chi connectivity index (χ3v) is 5.64. The number of benzene rings is 2. The van der Waals surface area contributed by atoms with Crippen molar-refractivity contribution in [3.63, 3.8) is 0 Å². The second kappa shape index (κ2) is 9.88. The van der Waals surface area contributed by atoms with Gasteiger partial charge >= 0.3 is 0 Å². The number of nitrogens with zero attached hydrogens (tertiary/aromatic N) is 1. The third-order valence-electron chi connectivity index (χ3n) is 5.64. The smallest absolute Gasteiger partial charge is 0.238 e. The second-order valence-corrected chi connectivity index (χ2v) is 7.94. The SMILES string of the molecule is COc1cc(OC)c(C2=CCN(CC(=O)Nc3c(C)cc(C)cc3C)CC2)c(OC)c1. The van der Waals surface area contributed by atoms with Crippen LogP contribution in [0.25, 0.3) is 5.57 Å². The van der Waals surface area contributed by atoms with Crippen LogP contribution >= 0.6 is 0 Å². The van der Waals surface area contributed by atoms with E-state index in [-0.39, 0.29) is 5.91 Å². The second-order valence-electron chi connectivity index (χ2n) is 7.94. The number of anilines is 1. The van der Waals surface area contributed by atoms with Crippen LogP contribution in [-0.2, 0) is 4.79 Å². The molecule has 0 spiro atoms. The Bertz CT molecular complexity index is 949. The first-order chi connectivity index (χ1) is 14.9.